The molecule has 2 rings (SSSR count). The molecule has 28 heavy (non-hydrogen) atoms. The fourth-order valence-electron chi connectivity index (χ4n) is 3.00. The third-order valence-corrected chi connectivity index (χ3v) is 5.29. The number of benzene rings is 2. The fraction of sp³-hybridized carbons (Fsp3) is 0.455. The minimum absolute atomic E-state index is 0.353. The van der Waals surface area contributed by atoms with E-state index in [1.165, 1.54) is 0 Å². The Bertz CT molecular complexity index is 736. The summed E-state index contributed by atoms with van der Waals surface area (Å²) in [5.74, 6) is 1.46. The lowest BCUT2D eigenvalue weighted by Crippen LogP contribution is -2.27. The molecule has 0 spiro atoms. The van der Waals surface area contributed by atoms with Crippen LogP contribution in [0.3, 0.4) is 0 Å². The molecule has 0 saturated carbocycles. The van der Waals surface area contributed by atoms with Crippen LogP contribution in [0.4, 0.5) is 0 Å². The quantitative estimate of drug-likeness (QED) is 0.462. The largest absolute Gasteiger partial charge is 0.493 e. The van der Waals surface area contributed by atoms with E-state index in [9.17, 15) is 0 Å². The Morgan fingerprint density at radius 2 is 1.82 bits per heavy atom. The van der Waals surface area contributed by atoms with Gasteiger partial charge in [-0.1, -0.05) is 55.2 Å². The maximum Gasteiger partial charge on any atom is 0.166 e. The standard InChI is InChI=1S/C22H30Cl2N2O2/c1-4-26(5-2)13-7-12-25-15-17-8-6-9-21(27-3)22(17)28-16-18-10-11-19(23)14-20(18)24/h6,8-11,14,25H,4-5,7,12-13,15-16H2,1-3H3. The number of para-hydroxylation sites is 1. The highest BCUT2D eigenvalue weighted by atomic mass is 35.5. The summed E-state index contributed by atoms with van der Waals surface area (Å²) in [6.45, 7) is 9.72. The van der Waals surface area contributed by atoms with Crippen molar-refractivity contribution in [2.75, 3.05) is 33.3 Å². The summed E-state index contributed by atoms with van der Waals surface area (Å²) in [5, 5.41) is 4.72. The summed E-state index contributed by atoms with van der Waals surface area (Å²) in [5.41, 5.74) is 1.95. The lowest BCUT2D eigenvalue weighted by molar-refractivity contribution is 0.280. The van der Waals surface area contributed by atoms with Crippen molar-refractivity contribution < 1.29 is 9.47 Å². The molecule has 154 valence electrons. The number of ether oxygens (including phenoxy) is 2. The molecule has 6 heteroatoms. The van der Waals surface area contributed by atoms with Crippen molar-refractivity contribution in [2.24, 2.45) is 0 Å². The predicted octanol–water partition coefficient (Wildman–Crippen LogP) is 5.40. The molecule has 2 aromatic carbocycles. The summed E-state index contributed by atoms with van der Waals surface area (Å²) in [6.07, 6.45) is 1.11. The van der Waals surface area contributed by atoms with Gasteiger partial charge in [0.05, 0.1) is 7.11 Å². The van der Waals surface area contributed by atoms with Gasteiger partial charge < -0.3 is 19.7 Å². The number of hydrogen-bond donors (Lipinski definition) is 1. The molecule has 0 amide bonds. The summed E-state index contributed by atoms with van der Waals surface area (Å²) in [6, 6.07) is 11.4. The molecule has 0 radical (unpaired) electrons. The molecule has 1 N–H and O–H groups in total. The topological polar surface area (TPSA) is 33.7 Å². The summed E-state index contributed by atoms with van der Waals surface area (Å²) < 4.78 is 11.6. The van der Waals surface area contributed by atoms with Gasteiger partial charge in [0, 0.05) is 27.7 Å². The summed E-state index contributed by atoms with van der Waals surface area (Å²) >= 11 is 12.2. The molecular weight excluding hydrogens is 395 g/mol. The molecule has 2 aromatic rings. The first kappa shape index (κ1) is 22.8. The molecule has 0 aliphatic rings. The number of halogens is 2. The van der Waals surface area contributed by atoms with Crippen LogP contribution in [0.2, 0.25) is 10.0 Å². The molecular formula is C22H30Cl2N2O2. The minimum atomic E-state index is 0.353. The van der Waals surface area contributed by atoms with Crippen molar-refractivity contribution in [1.29, 1.82) is 0 Å². The van der Waals surface area contributed by atoms with Gasteiger partial charge in [0.1, 0.15) is 6.61 Å². The second-order valence-electron chi connectivity index (χ2n) is 6.53. The van der Waals surface area contributed by atoms with E-state index in [2.05, 4.69) is 30.1 Å². The Balaban J connectivity index is 1.97. The van der Waals surface area contributed by atoms with E-state index in [4.69, 9.17) is 32.7 Å². The van der Waals surface area contributed by atoms with Crippen LogP contribution in [0.15, 0.2) is 36.4 Å². The highest BCUT2D eigenvalue weighted by Gasteiger charge is 2.12. The Kier molecular flexibility index (Phi) is 9.93. The number of nitrogens with zero attached hydrogens (tertiary/aromatic N) is 1. The van der Waals surface area contributed by atoms with E-state index in [1.54, 1.807) is 13.2 Å². The van der Waals surface area contributed by atoms with E-state index in [-0.39, 0.29) is 0 Å². The number of nitrogens with one attached hydrogen (secondary N) is 1. The van der Waals surface area contributed by atoms with Crippen molar-refractivity contribution in [3.05, 3.63) is 57.6 Å². The lowest BCUT2D eigenvalue weighted by atomic mass is 10.1. The Labute approximate surface area is 178 Å². The van der Waals surface area contributed by atoms with E-state index in [1.807, 2.05) is 24.3 Å². The van der Waals surface area contributed by atoms with Gasteiger partial charge >= 0.3 is 0 Å². The Morgan fingerprint density at radius 1 is 1.04 bits per heavy atom. The van der Waals surface area contributed by atoms with Gasteiger partial charge in [-0.15, -0.1) is 0 Å². The van der Waals surface area contributed by atoms with Gasteiger partial charge in [0.25, 0.3) is 0 Å². The molecule has 0 aliphatic heterocycles. The predicted molar refractivity (Wildman–Crippen MR) is 118 cm³/mol. The Morgan fingerprint density at radius 3 is 2.50 bits per heavy atom. The van der Waals surface area contributed by atoms with Crippen molar-refractivity contribution in [2.45, 2.75) is 33.4 Å². The third-order valence-electron chi connectivity index (χ3n) is 4.71. The zero-order valence-electron chi connectivity index (χ0n) is 16.9. The minimum Gasteiger partial charge on any atom is -0.493 e. The number of rotatable bonds is 12. The number of methoxy groups -OCH3 is 1. The second kappa shape index (κ2) is 12.2. The fourth-order valence-corrected chi connectivity index (χ4v) is 3.47. The monoisotopic (exact) mass is 424 g/mol. The lowest BCUT2D eigenvalue weighted by Gasteiger charge is -2.18. The van der Waals surface area contributed by atoms with Gasteiger partial charge in [0.15, 0.2) is 11.5 Å². The van der Waals surface area contributed by atoms with Crippen LogP contribution >= 0.6 is 23.2 Å². The van der Waals surface area contributed by atoms with Gasteiger partial charge in [0.2, 0.25) is 0 Å². The maximum atomic E-state index is 6.26. The normalized spacial score (nSPS) is 11.1. The molecule has 0 bridgehead atoms. The van der Waals surface area contributed by atoms with Crippen LogP contribution in [0.1, 0.15) is 31.4 Å². The van der Waals surface area contributed by atoms with Crippen LogP contribution in [0.5, 0.6) is 11.5 Å². The second-order valence-corrected chi connectivity index (χ2v) is 7.37. The van der Waals surface area contributed by atoms with Crippen LogP contribution < -0.4 is 14.8 Å². The summed E-state index contributed by atoms with van der Waals surface area (Å²) in [4.78, 5) is 2.43. The van der Waals surface area contributed by atoms with E-state index >= 15 is 0 Å². The zero-order chi connectivity index (χ0) is 20.4. The average molecular weight is 425 g/mol. The third kappa shape index (κ3) is 6.85. The first-order valence-electron chi connectivity index (χ1n) is 9.74. The Hall–Kier alpha value is -1.46. The van der Waals surface area contributed by atoms with Gasteiger partial charge in [-0.05, 0) is 50.8 Å². The van der Waals surface area contributed by atoms with Crippen LogP contribution in [0.25, 0.3) is 0 Å². The maximum absolute atomic E-state index is 6.26. The molecule has 0 atom stereocenters. The molecule has 0 aliphatic carbocycles. The molecule has 0 heterocycles. The van der Waals surface area contributed by atoms with Gasteiger partial charge in [-0.3, -0.25) is 0 Å². The van der Waals surface area contributed by atoms with Crippen LogP contribution in [0, 0.1) is 0 Å². The van der Waals surface area contributed by atoms with E-state index in [0.29, 0.717) is 22.4 Å². The molecule has 0 saturated heterocycles. The molecule has 0 fully saturated rings. The van der Waals surface area contributed by atoms with Crippen LogP contribution in [-0.2, 0) is 13.2 Å². The first-order chi connectivity index (χ1) is 13.6. The zero-order valence-corrected chi connectivity index (χ0v) is 18.4. The SMILES string of the molecule is CCN(CC)CCCNCc1cccc(OC)c1OCc1ccc(Cl)cc1Cl. The van der Waals surface area contributed by atoms with Crippen molar-refractivity contribution >= 4 is 23.2 Å². The van der Waals surface area contributed by atoms with Crippen molar-refractivity contribution in [1.82, 2.24) is 10.2 Å². The molecule has 0 unspecified atom stereocenters. The molecule has 0 aromatic heterocycles. The molecule has 4 nitrogen and oxygen atoms in total. The van der Waals surface area contributed by atoms with Crippen LogP contribution in [-0.4, -0.2) is 38.2 Å². The van der Waals surface area contributed by atoms with Gasteiger partial charge in [-0.2, -0.15) is 0 Å². The number of hydrogen-bond acceptors (Lipinski definition) is 4. The first-order valence-corrected chi connectivity index (χ1v) is 10.5. The average Bonchev–Trinajstić information content (AvgIpc) is 2.70. The van der Waals surface area contributed by atoms with Crippen molar-refractivity contribution in [3.63, 3.8) is 0 Å². The summed E-state index contributed by atoms with van der Waals surface area (Å²) in [7, 11) is 1.65. The highest BCUT2D eigenvalue weighted by molar-refractivity contribution is 6.35. The smallest absolute Gasteiger partial charge is 0.166 e. The van der Waals surface area contributed by atoms with Crippen molar-refractivity contribution in [3.8, 4) is 11.5 Å². The highest BCUT2D eigenvalue weighted by Crippen LogP contribution is 2.32. The van der Waals surface area contributed by atoms with E-state index < -0.39 is 0 Å². The van der Waals surface area contributed by atoms with E-state index in [0.717, 1.165) is 56.0 Å². The van der Waals surface area contributed by atoms with Gasteiger partial charge in [-0.25, -0.2) is 0 Å².